The van der Waals surface area contributed by atoms with Crippen LogP contribution in [0.15, 0.2) is 36.7 Å². The Morgan fingerprint density at radius 1 is 1.00 bits per heavy atom. The monoisotopic (exact) mass is 213 g/mol. The van der Waals surface area contributed by atoms with Crippen LogP contribution in [0.3, 0.4) is 0 Å². The molecule has 0 aliphatic heterocycles. The molecule has 0 atom stereocenters. The van der Waals surface area contributed by atoms with E-state index >= 15 is 0 Å². The zero-order valence-corrected chi connectivity index (χ0v) is 8.31. The summed E-state index contributed by atoms with van der Waals surface area (Å²) >= 11 is 0. The van der Waals surface area contributed by atoms with Gasteiger partial charge in [0, 0.05) is 18.0 Å². The minimum Gasteiger partial charge on any atom is -0.381 e. The third-order valence-electron chi connectivity index (χ3n) is 1.90. The number of hydrogen-bond acceptors (Lipinski definition) is 3. The summed E-state index contributed by atoms with van der Waals surface area (Å²) in [5.41, 5.74) is 6.70. The number of benzene rings is 1. The van der Waals surface area contributed by atoms with Crippen molar-refractivity contribution in [3.63, 3.8) is 0 Å². The fourth-order valence-corrected chi connectivity index (χ4v) is 1.11. The lowest BCUT2D eigenvalue weighted by molar-refractivity contribution is 0.627. The number of anilines is 1. The molecule has 1 aromatic heterocycles. The van der Waals surface area contributed by atoms with E-state index in [0.717, 1.165) is 0 Å². The number of aromatic nitrogens is 2. The van der Waals surface area contributed by atoms with Gasteiger partial charge in [-0.1, -0.05) is 5.92 Å². The summed E-state index contributed by atoms with van der Waals surface area (Å²) in [6, 6.07) is 5.89. The van der Waals surface area contributed by atoms with Crippen LogP contribution in [0.25, 0.3) is 0 Å². The van der Waals surface area contributed by atoms with Crippen molar-refractivity contribution in [1.82, 2.24) is 9.97 Å². The standard InChI is InChI=1S/C12H8FN3/c13-10-4-1-9(2-5-10)3-6-11-12(14)16-8-7-15-11/h1-2,4-5,7-8H,(H2,14,16). The first-order chi connectivity index (χ1) is 7.75. The highest BCUT2D eigenvalue weighted by Gasteiger charge is 1.95. The smallest absolute Gasteiger partial charge is 0.158 e. The number of nitrogens with two attached hydrogens (primary N) is 1. The Morgan fingerprint density at radius 3 is 2.38 bits per heavy atom. The molecule has 0 fully saturated rings. The maximum atomic E-state index is 12.6. The van der Waals surface area contributed by atoms with Gasteiger partial charge in [0.2, 0.25) is 0 Å². The average Bonchev–Trinajstić information content (AvgIpc) is 2.30. The van der Waals surface area contributed by atoms with Gasteiger partial charge in [-0.15, -0.1) is 0 Å². The number of halogens is 1. The Kier molecular flexibility index (Phi) is 2.79. The van der Waals surface area contributed by atoms with Gasteiger partial charge in [0.25, 0.3) is 0 Å². The average molecular weight is 213 g/mol. The SMILES string of the molecule is Nc1nccnc1C#Cc1ccc(F)cc1. The molecule has 0 saturated carbocycles. The van der Waals surface area contributed by atoms with Gasteiger partial charge in [0.15, 0.2) is 11.5 Å². The number of rotatable bonds is 0. The molecule has 0 spiro atoms. The Balaban J connectivity index is 2.29. The van der Waals surface area contributed by atoms with Crippen LogP contribution in [0.2, 0.25) is 0 Å². The molecule has 0 saturated heterocycles. The highest BCUT2D eigenvalue weighted by Crippen LogP contribution is 2.03. The Bertz CT molecular complexity index is 552. The summed E-state index contributed by atoms with van der Waals surface area (Å²) in [7, 11) is 0. The Morgan fingerprint density at radius 2 is 1.69 bits per heavy atom. The summed E-state index contributed by atoms with van der Waals surface area (Å²) in [6.45, 7) is 0. The maximum Gasteiger partial charge on any atom is 0.158 e. The molecule has 1 aromatic carbocycles. The molecular formula is C12H8FN3. The Hall–Kier alpha value is -2.41. The summed E-state index contributed by atoms with van der Waals surface area (Å²) in [5.74, 6) is 5.61. The van der Waals surface area contributed by atoms with Gasteiger partial charge in [-0.05, 0) is 30.2 Å². The zero-order valence-electron chi connectivity index (χ0n) is 8.31. The zero-order chi connectivity index (χ0) is 11.4. The molecule has 0 aliphatic carbocycles. The molecule has 2 N–H and O–H groups in total. The van der Waals surface area contributed by atoms with E-state index in [9.17, 15) is 4.39 Å². The summed E-state index contributed by atoms with van der Waals surface area (Å²) in [5, 5.41) is 0. The molecule has 1 heterocycles. The maximum absolute atomic E-state index is 12.6. The predicted molar refractivity (Wildman–Crippen MR) is 58.8 cm³/mol. The van der Waals surface area contributed by atoms with E-state index in [1.54, 1.807) is 12.1 Å². The molecule has 16 heavy (non-hydrogen) atoms. The first-order valence-electron chi connectivity index (χ1n) is 4.60. The lowest BCUT2D eigenvalue weighted by Gasteiger charge is -1.93. The van der Waals surface area contributed by atoms with Crippen molar-refractivity contribution >= 4 is 5.82 Å². The van der Waals surface area contributed by atoms with Gasteiger partial charge < -0.3 is 5.73 Å². The third kappa shape index (κ3) is 2.34. The van der Waals surface area contributed by atoms with Crippen LogP contribution in [-0.4, -0.2) is 9.97 Å². The minimum absolute atomic E-state index is 0.287. The van der Waals surface area contributed by atoms with Crippen LogP contribution in [0.5, 0.6) is 0 Å². The van der Waals surface area contributed by atoms with Crippen LogP contribution in [-0.2, 0) is 0 Å². The number of nitrogens with zero attached hydrogens (tertiary/aromatic N) is 2. The van der Waals surface area contributed by atoms with Gasteiger partial charge in [0.1, 0.15) is 5.82 Å². The normalized spacial score (nSPS) is 9.31. The van der Waals surface area contributed by atoms with E-state index in [2.05, 4.69) is 21.8 Å². The molecule has 2 rings (SSSR count). The van der Waals surface area contributed by atoms with Crippen LogP contribution in [0.1, 0.15) is 11.3 Å². The Labute approximate surface area is 92.2 Å². The van der Waals surface area contributed by atoms with Gasteiger partial charge >= 0.3 is 0 Å². The molecule has 0 aliphatic rings. The van der Waals surface area contributed by atoms with Gasteiger partial charge in [0.05, 0.1) is 0 Å². The van der Waals surface area contributed by atoms with E-state index in [-0.39, 0.29) is 11.6 Å². The van der Waals surface area contributed by atoms with Gasteiger partial charge in [-0.25, -0.2) is 14.4 Å². The van der Waals surface area contributed by atoms with Crippen LogP contribution in [0.4, 0.5) is 10.2 Å². The third-order valence-corrected chi connectivity index (χ3v) is 1.90. The molecule has 0 amide bonds. The fraction of sp³-hybridized carbons (Fsp3) is 0. The molecule has 0 bridgehead atoms. The second kappa shape index (κ2) is 4.41. The van der Waals surface area contributed by atoms with Crippen molar-refractivity contribution in [3.8, 4) is 11.8 Å². The topological polar surface area (TPSA) is 51.8 Å². The van der Waals surface area contributed by atoms with Crippen LogP contribution < -0.4 is 5.73 Å². The largest absolute Gasteiger partial charge is 0.381 e. The van der Waals surface area contributed by atoms with Gasteiger partial charge in [-0.2, -0.15) is 0 Å². The van der Waals surface area contributed by atoms with Crippen molar-refractivity contribution in [3.05, 3.63) is 53.7 Å². The van der Waals surface area contributed by atoms with E-state index in [1.807, 2.05) is 0 Å². The van der Waals surface area contributed by atoms with E-state index in [0.29, 0.717) is 11.3 Å². The first kappa shape index (κ1) is 10.1. The number of nitrogen functional groups attached to an aromatic ring is 1. The van der Waals surface area contributed by atoms with E-state index in [1.165, 1.54) is 24.5 Å². The second-order valence-corrected chi connectivity index (χ2v) is 3.05. The predicted octanol–water partition coefficient (Wildman–Crippen LogP) is 1.60. The van der Waals surface area contributed by atoms with Crippen molar-refractivity contribution in [1.29, 1.82) is 0 Å². The van der Waals surface area contributed by atoms with Crippen molar-refractivity contribution in [2.45, 2.75) is 0 Å². The van der Waals surface area contributed by atoms with Crippen molar-refractivity contribution in [2.24, 2.45) is 0 Å². The van der Waals surface area contributed by atoms with Crippen molar-refractivity contribution in [2.75, 3.05) is 5.73 Å². The first-order valence-corrected chi connectivity index (χ1v) is 4.60. The summed E-state index contributed by atoms with van der Waals surface area (Å²) in [4.78, 5) is 7.83. The summed E-state index contributed by atoms with van der Waals surface area (Å²) < 4.78 is 12.6. The lowest BCUT2D eigenvalue weighted by atomic mass is 10.2. The second-order valence-electron chi connectivity index (χ2n) is 3.05. The minimum atomic E-state index is -0.287. The molecular weight excluding hydrogens is 205 g/mol. The van der Waals surface area contributed by atoms with Crippen LogP contribution in [0, 0.1) is 17.7 Å². The highest BCUT2D eigenvalue weighted by atomic mass is 19.1. The quantitative estimate of drug-likeness (QED) is 0.676. The molecule has 4 heteroatoms. The highest BCUT2D eigenvalue weighted by molar-refractivity contribution is 5.48. The van der Waals surface area contributed by atoms with E-state index in [4.69, 9.17) is 5.73 Å². The lowest BCUT2D eigenvalue weighted by Crippen LogP contribution is -1.95. The van der Waals surface area contributed by atoms with Crippen LogP contribution >= 0.6 is 0 Å². The number of hydrogen-bond donors (Lipinski definition) is 1. The molecule has 78 valence electrons. The van der Waals surface area contributed by atoms with Gasteiger partial charge in [-0.3, -0.25) is 0 Å². The summed E-state index contributed by atoms with van der Waals surface area (Å²) in [6.07, 6.45) is 3.02. The molecule has 0 unspecified atom stereocenters. The fourth-order valence-electron chi connectivity index (χ4n) is 1.11. The molecule has 2 aromatic rings. The molecule has 0 radical (unpaired) electrons. The van der Waals surface area contributed by atoms with E-state index < -0.39 is 0 Å². The van der Waals surface area contributed by atoms with Crippen molar-refractivity contribution < 1.29 is 4.39 Å². The molecule has 3 nitrogen and oxygen atoms in total.